The molecular formula is C9H12N6O. The number of carbonyl (C=O) groups is 1. The van der Waals surface area contributed by atoms with Crippen molar-refractivity contribution in [3.63, 3.8) is 0 Å². The van der Waals surface area contributed by atoms with Crippen molar-refractivity contribution in [1.29, 1.82) is 0 Å². The molecule has 3 N–H and O–H groups in total. The molecule has 7 nitrogen and oxygen atoms in total. The third-order valence-corrected chi connectivity index (χ3v) is 2.09. The Labute approximate surface area is 91.7 Å². The topological polar surface area (TPSA) is 99.3 Å². The minimum atomic E-state index is -0.143. The fourth-order valence-corrected chi connectivity index (χ4v) is 1.29. The Bertz CT molecular complexity index is 421. The average molecular weight is 220 g/mol. The molecule has 0 aliphatic carbocycles. The van der Waals surface area contributed by atoms with Gasteiger partial charge in [0.05, 0.1) is 0 Å². The summed E-state index contributed by atoms with van der Waals surface area (Å²) in [5.41, 5.74) is 0.472. The summed E-state index contributed by atoms with van der Waals surface area (Å²) in [5, 5.41) is 15.6. The lowest BCUT2D eigenvalue weighted by atomic mass is 10.3. The Hall–Kier alpha value is -2.18. The summed E-state index contributed by atoms with van der Waals surface area (Å²) in [5.74, 6) is 0.686. The molecule has 0 saturated carbocycles. The first-order chi connectivity index (χ1) is 7.86. The van der Waals surface area contributed by atoms with Crippen molar-refractivity contribution < 1.29 is 4.79 Å². The molecule has 7 heteroatoms. The molecule has 0 aliphatic rings. The molecule has 0 aromatic carbocycles. The van der Waals surface area contributed by atoms with E-state index in [1.165, 1.54) is 6.33 Å². The second-order valence-electron chi connectivity index (χ2n) is 3.26. The van der Waals surface area contributed by atoms with Gasteiger partial charge in [0.25, 0.3) is 5.91 Å². The molecule has 0 aliphatic heterocycles. The van der Waals surface area contributed by atoms with Crippen LogP contribution in [0, 0.1) is 0 Å². The van der Waals surface area contributed by atoms with Gasteiger partial charge in [-0.1, -0.05) is 0 Å². The number of amides is 1. The van der Waals surface area contributed by atoms with E-state index in [-0.39, 0.29) is 5.91 Å². The summed E-state index contributed by atoms with van der Waals surface area (Å²) in [6, 6.07) is 1.63. The van der Waals surface area contributed by atoms with Gasteiger partial charge in [0.1, 0.15) is 17.8 Å². The molecule has 2 aromatic heterocycles. The van der Waals surface area contributed by atoms with E-state index >= 15 is 0 Å². The van der Waals surface area contributed by atoms with E-state index in [4.69, 9.17) is 0 Å². The summed E-state index contributed by atoms with van der Waals surface area (Å²) in [4.78, 5) is 15.4. The fraction of sp³-hybridized carbons (Fsp3) is 0.333. The average Bonchev–Trinajstić information content (AvgIpc) is 2.96. The lowest BCUT2D eigenvalue weighted by Gasteiger charge is -2.01. The van der Waals surface area contributed by atoms with Crippen molar-refractivity contribution >= 4 is 5.91 Å². The third-order valence-electron chi connectivity index (χ3n) is 2.09. The minimum Gasteiger partial charge on any atom is -0.351 e. The second-order valence-corrected chi connectivity index (χ2v) is 3.26. The van der Waals surface area contributed by atoms with E-state index in [1.54, 1.807) is 12.3 Å². The van der Waals surface area contributed by atoms with Crippen LogP contribution in [0.25, 0.3) is 0 Å². The molecule has 84 valence electrons. The summed E-state index contributed by atoms with van der Waals surface area (Å²) in [6.07, 6.45) is 4.60. The van der Waals surface area contributed by atoms with E-state index in [1.807, 2.05) is 0 Å². The highest BCUT2D eigenvalue weighted by molar-refractivity contribution is 5.91. The number of aromatic amines is 2. The van der Waals surface area contributed by atoms with Crippen molar-refractivity contribution in [2.75, 3.05) is 6.54 Å². The smallest absolute Gasteiger partial charge is 0.269 e. The van der Waals surface area contributed by atoms with Crippen LogP contribution in [0.4, 0.5) is 0 Å². The SMILES string of the molecule is O=C(NCCCc1ncn[nH]1)c1ccn[nH]1. The number of hydrogen-bond acceptors (Lipinski definition) is 4. The first-order valence-corrected chi connectivity index (χ1v) is 4.98. The van der Waals surface area contributed by atoms with Gasteiger partial charge in [-0.15, -0.1) is 0 Å². The van der Waals surface area contributed by atoms with Gasteiger partial charge in [-0.3, -0.25) is 15.0 Å². The van der Waals surface area contributed by atoms with Gasteiger partial charge in [0, 0.05) is 19.2 Å². The van der Waals surface area contributed by atoms with Crippen LogP contribution < -0.4 is 5.32 Å². The summed E-state index contributed by atoms with van der Waals surface area (Å²) in [6.45, 7) is 0.596. The largest absolute Gasteiger partial charge is 0.351 e. The molecule has 0 radical (unpaired) electrons. The van der Waals surface area contributed by atoms with Gasteiger partial charge in [0.2, 0.25) is 0 Å². The summed E-state index contributed by atoms with van der Waals surface area (Å²) < 4.78 is 0. The highest BCUT2D eigenvalue weighted by Gasteiger charge is 2.05. The Morgan fingerprint density at radius 3 is 3.00 bits per heavy atom. The number of nitrogens with one attached hydrogen (secondary N) is 3. The van der Waals surface area contributed by atoms with Crippen LogP contribution in [0.15, 0.2) is 18.6 Å². The van der Waals surface area contributed by atoms with E-state index in [0.717, 1.165) is 18.7 Å². The molecule has 0 saturated heterocycles. The third kappa shape index (κ3) is 2.66. The first-order valence-electron chi connectivity index (χ1n) is 4.98. The molecule has 2 rings (SSSR count). The molecule has 0 atom stereocenters. The zero-order valence-electron chi connectivity index (χ0n) is 8.60. The Morgan fingerprint density at radius 2 is 2.31 bits per heavy atom. The Kier molecular flexibility index (Phi) is 3.27. The number of carbonyl (C=O) groups excluding carboxylic acids is 1. The van der Waals surface area contributed by atoms with Crippen molar-refractivity contribution in [2.24, 2.45) is 0 Å². The van der Waals surface area contributed by atoms with Crippen LogP contribution in [0.5, 0.6) is 0 Å². The predicted octanol–water partition coefficient (Wildman–Crippen LogP) is -0.110. The molecular weight excluding hydrogens is 208 g/mol. The van der Waals surface area contributed by atoms with Gasteiger partial charge in [-0.25, -0.2) is 4.98 Å². The highest BCUT2D eigenvalue weighted by atomic mass is 16.1. The second kappa shape index (κ2) is 5.06. The maximum absolute atomic E-state index is 11.4. The van der Waals surface area contributed by atoms with Gasteiger partial charge >= 0.3 is 0 Å². The van der Waals surface area contributed by atoms with E-state index in [9.17, 15) is 4.79 Å². The molecule has 0 unspecified atom stereocenters. The first kappa shape index (κ1) is 10.3. The van der Waals surface area contributed by atoms with Gasteiger partial charge in [-0.05, 0) is 12.5 Å². The molecule has 0 bridgehead atoms. The Balaban J connectivity index is 1.67. The zero-order valence-corrected chi connectivity index (χ0v) is 8.60. The number of hydrogen-bond donors (Lipinski definition) is 3. The molecule has 0 spiro atoms. The quantitative estimate of drug-likeness (QED) is 0.612. The summed E-state index contributed by atoms with van der Waals surface area (Å²) in [7, 11) is 0. The molecule has 2 aromatic rings. The van der Waals surface area contributed by atoms with E-state index in [2.05, 4.69) is 30.7 Å². The minimum absolute atomic E-state index is 0.143. The standard InChI is InChI=1S/C9H12N6O/c16-9(7-3-5-12-14-7)10-4-1-2-8-11-6-13-15-8/h3,5-6H,1-2,4H2,(H,10,16)(H,12,14)(H,11,13,15). The number of nitrogens with zero attached hydrogens (tertiary/aromatic N) is 3. The Morgan fingerprint density at radius 1 is 1.38 bits per heavy atom. The molecule has 1 amide bonds. The molecule has 16 heavy (non-hydrogen) atoms. The number of H-pyrrole nitrogens is 2. The van der Waals surface area contributed by atoms with Crippen LogP contribution in [0.3, 0.4) is 0 Å². The van der Waals surface area contributed by atoms with Crippen molar-refractivity contribution in [3.05, 3.63) is 30.1 Å². The van der Waals surface area contributed by atoms with Crippen LogP contribution in [0.1, 0.15) is 22.7 Å². The lowest BCUT2D eigenvalue weighted by molar-refractivity contribution is 0.0948. The van der Waals surface area contributed by atoms with Gasteiger partial charge in [-0.2, -0.15) is 10.2 Å². The monoisotopic (exact) mass is 220 g/mol. The number of aromatic nitrogens is 5. The van der Waals surface area contributed by atoms with Crippen LogP contribution >= 0.6 is 0 Å². The molecule has 2 heterocycles. The van der Waals surface area contributed by atoms with Crippen LogP contribution in [0.2, 0.25) is 0 Å². The van der Waals surface area contributed by atoms with Crippen molar-refractivity contribution in [1.82, 2.24) is 30.7 Å². The number of aryl methyl sites for hydroxylation is 1. The fourth-order valence-electron chi connectivity index (χ4n) is 1.29. The zero-order chi connectivity index (χ0) is 11.2. The van der Waals surface area contributed by atoms with Gasteiger partial charge in [0.15, 0.2) is 0 Å². The van der Waals surface area contributed by atoms with Crippen molar-refractivity contribution in [2.45, 2.75) is 12.8 Å². The van der Waals surface area contributed by atoms with Crippen LogP contribution in [-0.2, 0) is 6.42 Å². The maximum Gasteiger partial charge on any atom is 0.269 e. The van der Waals surface area contributed by atoms with Crippen LogP contribution in [-0.4, -0.2) is 37.8 Å². The van der Waals surface area contributed by atoms with E-state index in [0.29, 0.717) is 12.2 Å². The molecule has 0 fully saturated rings. The number of rotatable bonds is 5. The normalized spacial score (nSPS) is 10.2. The highest BCUT2D eigenvalue weighted by Crippen LogP contribution is 1.94. The van der Waals surface area contributed by atoms with E-state index < -0.39 is 0 Å². The van der Waals surface area contributed by atoms with Gasteiger partial charge < -0.3 is 5.32 Å². The summed E-state index contributed by atoms with van der Waals surface area (Å²) >= 11 is 0. The maximum atomic E-state index is 11.4. The predicted molar refractivity (Wildman–Crippen MR) is 55.6 cm³/mol. The lowest BCUT2D eigenvalue weighted by Crippen LogP contribution is -2.25. The van der Waals surface area contributed by atoms with Crippen molar-refractivity contribution in [3.8, 4) is 0 Å².